The smallest absolute Gasteiger partial charge is 0.137 e. The van der Waals surface area contributed by atoms with E-state index in [9.17, 15) is 0 Å². The van der Waals surface area contributed by atoms with Gasteiger partial charge in [0.25, 0.3) is 0 Å². The fourth-order valence-electron chi connectivity index (χ4n) is 2.08. The van der Waals surface area contributed by atoms with Gasteiger partial charge in [-0.2, -0.15) is 0 Å². The van der Waals surface area contributed by atoms with Gasteiger partial charge >= 0.3 is 0 Å². The number of rotatable bonds is 5. The highest BCUT2D eigenvalue weighted by Gasteiger charge is 2.07. The molecule has 112 valence electrons. The number of pyridine rings is 1. The molecule has 0 fully saturated rings. The summed E-state index contributed by atoms with van der Waals surface area (Å²) in [6.45, 7) is 7.14. The average Bonchev–Trinajstić information content (AvgIpc) is 2.45. The molecular formula is C17H21ClN2O. The Morgan fingerprint density at radius 3 is 2.57 bits per heavy atom. The van der Waals surface area contributed by atoms with Crippen molar-refractivity contribution in [1.29, 1.82) is 0 Å². The molecule has 0 aliphatic carbocycles. The number of aryl methyl sites for hydroxylation is 1. The molecule has 0 spiro atoms. The standard InChI is InChI=1S/C17H21ClN2O/c1-11(2)19-10-14-5-7-16(20-12(14)3)13-6-8-17(21-4)15(18)9-13/h5-9,11,19H,10H2,1-4H3. The van der Waals surface area contributed by atoms with Crippen molar-refractivity contribution in [3.63, 3.8) is 0 Å². The third-order valence-electron chi connectivity index (χ3n) is 3.34. The molecule has 0 aliphatic rings. The maximum Gasteiger partial charge on any atom is 0.137 e. The zero-order valence-corrected chi connectivity index (χ0v) is 13.7. The molecule has 21 heavy (non-hydrogen) atoms. The number of nitrogens with one attached hydrogen (secondary N) is 1. The SMILES string of the molecule is COc1ccc(-c2ccc(CNC(C)C)c(C)n2)cc1Cl. The topological polar surface area (TPSA) is 34.1 Å². The van der Waals surface area contributed by atoms with E-state index in [-0.39, 0.29) is 0 Å². The van der Waals surface area contributed by atoms with Gasteiger partial charge in [-0.25, -0.2) is 0 Å². The Hall–Kier alpha value is -1.58. The highest BCUT2D eigenvalue weighted by atomic mass is 35.5. The van der Waals surface area contributed by atoms with Crippen LogP contribution in [0.5, 0.6) is 5.75 Å². The molecule has 0 amide bonds. The summed E-state index contributed by atoms with van der Waals surface area (Å²) in [5.74, 6) is 0.676. The molecule has 0 saturated heterocycles. The number of methoxy groups -OCH3 is 1. The Kier molecular flexibility index (Phi) is 5.21. The van der Waals surface area contributed by atoms with Crippen LogP contribution < -0.4 is 10.1 Å². The second-order valence-corrected chi connectivity index (χ2v) is 5.73. The Morgan fingerprint density at radius 2 is 2.00 bits per heavy atom. The van der Waals surface area contributed by atoms with E-state index in [0.29, 0.717) is 16.8 Å². The van der Waals surface area contributed by atoms with Gasteiger partial charge in [0.15, 0.2) is 0 Å². The second kappa shape index (κ2) is 6.92. The largest absolute Gasteiger partial charge is 0.495 e. The van der Waals surface area contributed by atoms with Crippen molar-refractivity contribution in [3.05, 3.63) is 46.6 Å². The minimum Gasteiger partial charge on any atom is -0.495 e. The van der Waals surface area contributed by atoms with Crippen molar-refractivity contribution >= 4 is 11.6 Å². The molecule has 4 heteroatoms. The monoisotopic (exact) mass is 304 g/mol. The molecule has 1 aromatic heterocycles. The van der Waals surface area contributed by atoms with Gasteiger partial charge in [0, 0.05) is 23.8 Å². The molecule has 1 heterocycles. The summed E-state index contributed by atoms with van der Waals surface area (Å²) >= 11 is 6.17. The van der Waals surface area contributed by atoms with Gasteiger partial charge in [0.05, 0.1) is 17.8 Å². The molecule has 0 saturated carbocycles. The number of hydrogen-bond donors (Lipinski definition) is 1. The Balaban J connectivity index is 2.25. The molecule has 1 aromatic carbocycles. The molecule has 0 unspecified atom stereocenters. The predicted molar refractivity (Wildman–Crippen MR) is 87.9 cm³/mol. The Bertz CT molecular complexity index is 626. The lowest BCUT2D eigenvalue weighted by molar-refractivity contribution is 0.415. The molecule has 0 bridgehead atoms. The molecular weight excluding hydrogens is 284 g/mol. The first-order valence-corrected chi connectivity index (χ1v) is 7.43. The number of ether oxygens (including phenoxy) is 1. The first-order valence-electron chi connectivity index (χ1n) is 7.05. The lowest BCUT2D eigenvalue weighted by Crippen LogP contribution is -2.22. The number of halogens is 1. The zero-order chi connectivity index (χ0) is 15.4. The molecule has 2 aromatic rings. The van der Waals surface area contributed by atoms with Crippen LogP contribution in [0.3, 0.4) is 0 Å². The lowest BCUT2D eigenvalue weighted by Gasteiger charge is -2.12. The highest BCUT2D eigenvalue weighted by molar-refractivity contribution is 6.32. The molecule has 0 atom stereocenters. The van der Waals surface area contributed by atoms with Crippen molar-refractivity contribution in [3.8, 4) is 17.0 Å². The summed E-state index contributed by atoms with van der Waals surface area (Å²) in [6, 6.07) is 10.3. The van der Waals surface area contributed by atoms with Crippen LogP contribution in [0.1, 0.15) is 25.1 Å². The van der Waals surface area contributed by atoms with E-state index in [1.165, 1.54) is 5.56 Å². The molecule has 0 radical (unpaired) electrons. The van der Waals surface area contributed by atoms with Gasteiger partial charge < -0.3 is 10.1 Å². The maximum absolute atomic E-state index is 6.17. The average molecular weight is 305 g/mol. The fourth-order valence-corrected chi connectivity index (χ4v) is 2.33. The van der Waals surface area contributed by atoms with Crippen LogP contribution >= 0.6 is 11.6 Å². The second-order valence-electron chi connectivity index (χ2n) is 5.33. The van der Waals surface area contributed by atoms with E-state index in [1.54, 1.807) is 7.11 Å². The van der Waals surface area contributed by atoms with Crippen LogP contribution in [0.15, 0.2) is 30.3 Å². The van der Waals surface area contributed by atoms with E-state index in [1.807, 2.05) is 31.2 Å². The summed E-state index contributed by atoms with van der Waals surface area (Å²) in [5, 5.41) is 4.01. The van der Waals surface area contributed by atoms with Gasteiger partial charge in [-0.3, -0.25) is 4.98 Å². The third kappa shape index (κ3) is 3.96. The van der Waals surface area contributed by atoms with E-state index in [4.69, 9.17) is 16.3 Å². The maximum atomic E-state index is 6.17. The van der Waals surface area contributed by atoms with Gasteiger partial charge in [0.2, 0.25) is 0 Å². The summed E-state index contributed by atoms with van der Waals surface area (Å²) in [5.41, 5.74) is 4.16. The van der Waals surface area contributed by atoms with Gasteiger partial charge in [-0.1, -0.05) is 31.5 Å². The quantitative estimate of drug-likeness (QED) is 0.898. The van der Waals surface area contributed by atoms with Crippen LogP contribution in [0.4, 0.5) is 0 Å². The van der Waals surface area contributed by atoms with Crippen LogP contribution in [-0.4, -0.2) is 18.1 Å². The summed E-state index contributed by atoms with van der Waals surface area (Å²) in [6.07, 6.45) is 0. The molecule has 3 nitrogen and oxygen atoms in total. The van der Waals surface area contributed by atoms with Crippen molar-refractivity contribution in [2.24, 2.45) is 0 Å². The van der Waals surface area contributed by atoms with Crippen molar-refractivity contribution in [1.82, 2.24) is 10.3 Å². The summed E-state index contributed by atoms with van der Waals surface area (Å²) in [4.78, 5) is 4.68. The van der Waals surface area contributed by atoms with Crippen molar-refractivity contribution in [2.45, 2.75) is 33.4 Å². The number of aromatic nitrogens is 1. The predicted octanol–water partition coefficient (Wildman–Crippen LogP) is 4.22. The number of nitrogens with zero attached hydrogens (tertiary/aromatic N) is 1. The molecule has 2 rings (SSSR count). The third-order valence-corrected chi connectivity index (χ3v) is 3.64. The summed E-state index contributed by atoms with van der Waals surface area (Å²) < 4.78 is 5.17. The van der Waals surface area contributed by atoms with Gasteiger partial charge in [-0.05, 0) is 36.8 Å². The van der Waals surface area contributed by atoms with Crippen LogP contribution in [0.2, 0.25) is 5.02 Å². The van der Waals surface area contributed by atoms with Crippen LogP contribution in [0.25, 0.3) is 11.3 Å². The van der Waals surface area contributed by atoms with Crippen LogP contribution in [-0.2, 0) is 6.54 Å². The van der Waals surface area contributed by atoms with Crippen molar-refractivity contribution in [2.75, 3.05) is 7.11 Å². The fraction of sp³-hybridized carbons (Fsp3) is 0.353. The molecule has 0 aliphatic heterocycles. The Morgan fingerprint density at radius 1 is 1.24 bits per heavy atom. The number of hydrogen-bond acceptors (Lipinski definition) is 3. The lowest BCUT2D eigenvalue weighted by atomic mass is 10.1. The van der Waals surface area contributed by atoms with E-state index < -0.39 is 0 Å². The minimum absolute atomic E-state index is 0.462. The normalized spacial score (nSPS) is 11.0. The Labute approximate surface area is 131 Å². The van der Waals surface area contributed by atoms with Crippen LogP contribution in [0, 0.1) is 6.92 Å². The first-order chi connectivity index (χ1) is 10.0. The minimum atomic E-state index is 0.462. The zero-order valence-electron chi connectivity index (χ0n) is 12.9. The van der Waals surface area contributed by atoms with Gasteiger partial charge in [0.1, 0.15) is 5.75 Å². The summed E-state index contributed by atoms with van der Waals surface area (Å²) in [7, 11) is 1.61. The first kappa shape index (κ1) is 15.8. The highest BCUT2D eigenvalue weighted by Crippen LogP contribution is 2.29. The van der Waals surface area contributed by atoms with E-state index in [0.717, 1.165) is 23.5 Å². The van der Waals surface area contributed by atoms with E-state index in [2.05, 4.69) is 30.2 Å². The molecule has 1 N–H and O–H groups in total. The van der Waals surface area contributed by atoms with Gasteiger partial charge in [-0.15, -0.1) is 0 Å². The van der Waals surface area contributed by atoms with Crippen molar-refractivity contribution < 1.29 is 4.74 Å². The van der Waals surface area contributed by atoms with E-state index >= 15 is 0 Å². The number of benzene rings is 1.